The molecule has 0 atom stereocenters. The molecule has 2 heterocycles. The number of aryl methyl sites for hydroxylation is 2. The molecule has 0 saturated carbocycles. The van der Waals surface area contributed by atoms with Gasteiger partial charge in [0, 0.05) is 35.6 Å². The van der Waals surface area contributed by atoms with E-state index in [1.807, 2.05) is 33.8 Å². The number of pyridine rings is 2. The molecule has 0 radical (unpaired) electrons. The van der Waals surface area contributed by atoms with Crippen molar-refractivity contribution in [3.05, 3.63) is 55.0 Å². The van der Waals surface area contributed by atoms with Gasteiger partial charge in [-0.15, -0.1) is 0 Å². The number of hydrogen-bond donors (Lipinski definition) is 4. The molecule has 0 fully saturated rings. The number of anilines is 1. The van der Waals surface area contributed by atoms with Gasteiger partial charge in [0.2, 0.25) is 0 Å². The fraction of sp³-hybridized carbons (Fsp3) is 0.368. The highest BCUT2D eigenvalue weighted by atomic mass is 79.9. The van der Waals surface area contributed by atoms with Crippen LogP contribution in [0.2, 0.25) is 0 Å². The van der Waals surface area contributed by atoms with Crippen LogP contribution in [-0.2, 0) is 13.0 Å². The number of nitrogens with zero attached hydrogens (tertiary/aromatic N) is 1. The predicted molar refractivity (Wildman–Crippen MR) is 111 cm³/mol. The first-order valence-corrected chi connectivity index (χ1v) is 9.53. The van der Waals surface area contributed by atoms with E-state index in [1.54, 1.807) is 6.07 Å². The molecule has 0 aromatic carbocycles. The summed E-state index contributed by atoms with van der Waals surface area (Å²) in [7, 11) is 0. The maximum atomic E-state index is 12.8. The molecule has 7 nitrogen and oxygen atoms in total. The van der Waals surface area contributed by atoms with E-state index in [2.05, 4.69) is 36.5 Å². The highest BCUT2D eigenvalue weighted by Gasteiger charge is 2.18. The Kier molecular flexibility index (Phi) is 6.90. The Morgan fingerprint density at radius 3 is 2.70 bits per heavy atom. The van der Waals surface area contributed by atoms with E-state index in [-0.39, 0.29) is 24.1 Å². The zero-order valence-corrected chi connectivity index (χ0v) is 17.5. The highest BCUT2D eigenvalue weighted by molar-refractivity contribution is 9.10. The zero-order chi connectivity index (χ0) is 20.1. The number of H-pyrrole nitrogens is 1. The Morgan fingerprint density at radius 1 is 1.41 bits per heavy atom. The molecule has 0 aliphatic rings. The standard InChI is InChI=1S/C19H24BrN5O2/c1-5-12-6-11(4)24-19(27)15(12)9-22-18(26)13-7-16(20)25-17(14(13)8-21)23-10(2)3/h6-8,10,21H,5,9H2,1-4H3,(H,22,26)(H,23,25)(H,24,27). The van der Waals surface area contributed by atoms with Gasteiger partial charge in [0.25, 0.3) is 11.5 Å². The minimum atomic E-state index is -0.370. The van der Waals surface area contributed by atoms with Gasteiger partial charge >= 0.3 is 0 Å². The summed E-state index contributed by atoms with van der Waals surface area (Å²) in [4.78, 5) is 32.1. The van der Waals surface area contributed by atoms with Crippen LogP contribution < -0.4 is 16.2 Å². The maximum absolute atomic E-state index is 12.8. The lowest BCUT2D eigenvalue weighted by atomic mass is 10.1. The Hall–Kier alpha value is -2.48. The third-order valence-electron chi connectivity index (χ3n) is 4.01. The van der Waals surface area contributed by atoms with Crippen molar-refractivity contribution < 1.29 is 4.79 Å². The fourth-order valence-corrected chi connectivity index (χ4v) is 3.21. The molecule has 0 saturated heterocycles. The molecular formula is C19H24BrN5O2. The normalized spacial score (nSPS) is 10.7. The SMILES string of the molecule is CCc1cc(C)[nH]c(=O)c1CNC(=O)c1cc(Br)nc(NC(C)C)c1C=N. The van der Waals surface area contributed by atoms with Crippen LogP contribution in [0.5, 0.6) is 0 Å². The van der Waals surface area contributed by atoms with Crippen LogP contribution in [0.15, 0.2) is 21.5 Å². The number of aromatic nitrogens is 2. The molecule has 2 rings (SSSR count). The Morgan fingerprint density at radius 2 is 2.11 bits per heavy atom. The summed E-state index contributed by atoms with van der Waals surface area (Å²) >= 11 is 3.31. The van der Waals surface area contributed by atoms with Crippen molar-refractivity contribution in [3.63, 3.8) is 0 Å². The summed E-state index contributed by atoms with van der Waals surface area (Å²) in [5, 5.41) is 13.6. The molecule has 144 valence electrons. The smallest absolute Gasteiger partial charge is 0.253 e. The number of nitrogens with one attached hydrogen (secondary N) is 4. The summed E-state index contributed by atoms with van der Waals surface area (Å²) in [5.74, 6) is 0.0902. The van der Waals surface area contributed by atoms with Gasteiger partial charge in [-0.3, -0.25) is 9.59 Å². The molecule has 8 heteroatoms. The van der Waals surface area contributed by atoms with Crippen molar-refractivity contribution >= 4 is 33.9 Å². The average molecular weight is 434 g/mol. The average Bonchev–Trinajstić information content (AvgIpc) is 2.59. The first kappa shape index (κ1) is 20.8. The minimum absolute atomic E-state index is 0.0969. The number of hydrogen-bond acceptors (Lipinski definition) is 5. The zero-order valence-electron chi connectivity index (χ0n) is 15.9. The number of halogens is 1. The van der Waals surface area contributed by atoms with E-state index in [4.69, 9.17) is 5.41 Å². The van der Waals surface area contributed by atoms with E-state index < -0.39 is 0 Å². The number of rotatable bonds is 7. The van der Waals surface area contributed by atoms with Crippen LogP contribution in [0, 0.1) is 12.3 Å². The predicted octanol–water partition coefficient (Wildman–Crippen LogP) is 3.15. The number of amides is 1. The molecule has 0 aliphatic heterocycles. The Labute approximate surface area is 166 Å². The molecule has 27 heavy (non-hydrogen) atoms. The van der Waals surface area contributed by atoms with Gasteiger partial charge in [0.05, 0.1) is 5.56 Å². The minimum Gasteiger partial charge on any atom is -0.367 e. The van der Waals surface area contributed by atoms with Gasteiger partial charge in [-0.2, -0.15) is 0 Å². The molecule has 2 aromatic heterocycles. The third-order valence-corrected chi connectivity index (χ3v) is 4.42. The number of carbonyl (C=O) groups is 1. The van der Waals surface area contributed by atoms with Crippen LogP contribution in [0.3, 0.4) is 0 Å². The van der Waals surface area contributed by atoms with Crippen molar-refractivity contribution in [2.75, 3.05) is 5.32 Å². The van der Waals surface area contributed by atoms with Crippen molar-refractivity contribution in [2.45, 2.75) is 46.7 Å². The highest BCUT2D eigenvalue weighted by Crippen LogP contribution is 2.22. The first-order chi connectivity index (χ1) is 12.8. The Bertz CT molecular complexity index is 921. The molecule has 0 aliphatic carbocycles. The third kappa shape index (κ3) is 5.03. The van der Waals surface area contributed by atoms with Gasteiger partial charge in [-0.1, -0.05) is 6.92 Å². The van der Waals surface area contributed by atoms with E-state index in [0.717, 1.165) is 17.5 Å². The second-order valence-electron chi connectivity index (χ2n) is 6.52. The molecule has 0 bridgehead atoms. The summed E-state index contributed by atoms with van der Waals surface area (Å²) in [6.45, 7) is 7.81. The molecular weight excluding hydrogens is 410 g/mol. The number of carbonyl (C=O) groups excluding carboxylic acids is 1. The Balaban J connectivity index is 2.33. The summed E-state index contributed by atoms with van der Waals surface area (Å²) in [5.41, 5.74) is 2.76. The van der Waals surface area contributed by atoms with Gasteiger partial charge < -0.3 is 21.0 Å². The molecule has 0 spiro atoms. The van der Waals surface area contributed by atoms with Gasteiger partial charge in [0.15, 0.2) is 0 Å². The quantitative estimate of drug-likeness (QED) is 0.396. The topological polar surface area (TPSA) is 111 Å². The van der Waals surface area contributed by atoms with Crippen LogP contribution in [-0.4, -0.2) is 28.1 Å². The second kappa shape index (κ2) is 8.94. The number of aromatic amines is 1. The lowest BCUT2D eigenvalue weighted by Crippen LogP contribution is -2.29. The van der Waals surface area contributed by atoms with E-state index in [9.17, 15) is 9.59 Å². The summed E-state index contributed by atoms with van der Waals surface area (Å²) in [6, 6.07) is 3.58. The van der Waals surface area contributed by atoms with Gasteiger partial charge in [-0.25, -0.2) is 4.98 Å². The van der Waals surface area contributed by atoms with Gasteiger partial charge in [0.1, 0.15) is 10.4 Å². The van der Waals surface area contributed by atoms with Crippen LogP contribution in [0.4, 0.5) is 5.82 Å². The maximum Gasteiger partial charge on any atom is 0.253 e. The van der Waals surface area contributed by atoms with Crippen LogP contribution in [0.1, 0.15) is 53.5 Å². The van der Waals surface area contributed by atoms with Crippen molar-refractivity contribution in [2.24, 2.45) is 0 Å². The van der Waals surface area contributed by atoms with Crippen molar-refractivity contribution in [1.29, 1.82) is 5.41 Å². The molecule has 4 N–H and O–H groups in total. The second-order valence-corrected chi connectivity index (χ2v) is 7.33. The van der Waals surface area contributed by atoms with Crippen LogP contribution in [0.25, 0.3) is 0 Å². The molecule has 2 aromatic rings. The van der Waals surface area contributed by atoms with Crippen LogP contribution >= 0.6 is 15.9 Å². The largest absolute Gasteiger partial charge is 0.367 e. The lowest BCUT2D eigenvalue weighted by molar-refractivity contribution is 0.0950. The van der Waals surface area contributed by atoms with Crippen molar-refractivity contribution in [1.82, 2.24) is 15.3 Å². The van der Waals surface area contributed by atoms with E-state index >= 15 is 0 Å². The molecule has 1 amide bonds. The lowest BCUT2D eigenvalue weighted by Gasteiger charge is -2.16. The van der Waals surface area contributed by atoms with Crippen molar-refractivity contribution in [3.8, 4) is 0 Å². The molecule has 0 unspecified atom stereocenters. The van der Waals surface area contributed by atoms with Gasteiger partial charge in [-0.05, 0) is 60.8 Å². The summed E-state index contributed by atoms with van der Waals surface area (Å²) in [6.07, 6.45) is 1.81. The van der Waals surface area contributed by atoms with E-state index in [1.165, 1.54) is 0 Å². The monoisotopic (exact) mass is 433 g/mol. The fourth-order valence-electron chi connectivity index (χ4n) is 2.80. The van der Waals surface area contributed by atoms with E-state index in [0.29, 0.717) is 33.5 Å². The first-order valence-electron chi connectivity index (χ1n) is 8.74. The summed E-state index contributed by atoms with van der Waals surface area (Å²) < 4.78 is 0.490.